The van der Waals surface area contributed by atoms with Gasteiger partial charge >= 0.3 is 5.97 Å². The lowest BCUT2D eigenvalue weighted by Crippen LogP contribution is -2.06. The van der Waals surface area contributed by atoms with Crippen LogP contribution in [-0.2, 0) is 0 Å². The Bertz CT molecular complexity index is 767. The van der Waals surface area contributed by atoms with Crippen LogP contribution in [0.2, 0.25) is 5.02 Å². The molecule has 1 aromatic carbocycles. The van der Waals surface area contributed by atoms with Crippen molar-refractivity contribution in [3.8, 4) is 11.3 Å². The lowest BCUT2D eigenvalue weighted by atomic mass is 10.1. The fourth-order valence-corrected chi connectivity index (χ4v) is 1.82. The summed E-state index contributed by atoms with van der Waals surface area (Å²) >= 11 is 5.82. The zero-order valence-electron chi connectivity index (χ0n) is 9.49. The maximum atomic E-state index is 11.0. The summed E-state index contributed by atoms with van der Waals surface area (Å²) in [6.45, 7) is 0. The summed E-state index contributed by atoms with van der Waals surface area (Å²) in [5.41, 5.74) is 1.83. The van der Waals surface area contributed by atoms with Crippen molar-refractivity contribution in [3.05, 3.63) is 47.2 Å². The van der Waals surface area contributed by atoms with Crippen molar-refractivity contribution in [2.75, 3.05) is 0 Å². The van der Waals surface area contributed by atoms with Gasteiger partial charge in [0.1, 0.15) is 0 Å². The van der Waals surface area contributed by atoms with Crippen LogP contribution < -0.4 is 0 Å². The third-order valence-corrected chi connectivity index (χ3v) is 2.85. The Morgan fingerprint density at radius 1 is 1.11 bits per heavy atom. The summed E-state index contributed by atoms with van der Waals surface area (Å²) < 4.78 is 1.20. The molecule has 0 fully saturated rings. The summed E-state index contributed by atoms with van der Waals surface area (Å²) in [7, 11) is 0. The number of rotatable bonds is 2. The molecular weight excluding hydrogens is 268 g/mol. The fraction of sp³-hybridized carbons (Fsp3) is 0. The fourth-order valence-electron chi connectivity index (χ4n) is 1.70. The molecule has 0 spiro atoms. The van der Waals surface area contributed by atoms with Gasteiger partial charge in [-0.1, -0.05) is 23.7 Å². The third kappa shape index (κ3) is 2.02. The van der Waals surface area contributed by atoms with Crippen LogP contribution in [-0.4, -0.2) is 30.9 Å². The van der Waals surface area contributed by atoms with Crippen molar-refractivity contribution in [2.45, 2.75) is 0 Å². The molecule has 0 bridgehead atoms. The number of carboxylic acids is 1. The molecule has 0 aliphatic heterocycles. The third-order valence-electron chi connectivity index (χ3n) is 2.59. The van der Waals surface area contributed by atoms with Crippen molar-refractivity contribution in [1.29, 1.82) is 0 Å². The highest BCUT2D eigenvalue weighted by atomic mass is 35.5. The van der Waals surface area contributed by atoms with Crippen LogP contribution in [0.25, 0.3) is 16.9 Å². The van der Waals surface area contributed by atoms with Crippen LogP contribution in [0, 0.1) is 0 Å². The van der Waals surface area contributed by atoms with Crippen LogP contribution >= 0.6 is 11.6 Å². The number of hydrogen-bond donors (Lipinski definition) is 1. The Morgan fingerprint density at radius 2 is 1.84 bits per heavy atom. The van der Waals surface area contributed by atoms with E-state index in [1.807, 2.05) is 0 Å². The van der Waals surface area contributed by atoms with Crippen molar-refractivity contribution >= 4 is 23.2 Å². The number of hydrogen-bond acceptors (Lipinski definition) is 4. The normalized spacial score (nSPS) is 10.8. The van der Waals surface area contributed by atoms with Gasteiger partial charge in [0.25, 0.3) is 5.82 Å². The van der Waals surface area contributed by atoms with E-state index in [9.17, 15) is 4.79 Å². The number of carboxylic acid groups (broad SMARTS) is 1. The SMILES string of the molecule is O=C(O)c1nnc2ccc(-c3ccc(Cl)cc3)nn12. The van der Waals surface area contributed by atoms with Gasteiger partial charge in [0.2, 0.25) is 0 Å². The van der Waals surface area contributed by atoms with Gasteiger partial charge in [0.05, 0.1) is 5.69 Å². The van der Waals surface area contributed by atoms with Crippen molar-refractivity contribution in [3.63, 3.8) is 0 Å². The van der Waals surface area contributed by atoms with Crippen LogP contribution in [0.4, 0.5) is 0 Å². The van der Waals surface area contributed by atoms with Crippen LogP contribution in [0.1, 0.15) is 10.6 Å². The van der Waals surface area contributed by atoms with Crippen molar-refractivity contribution in [1.82, 2.24) is 19.8 Å². The molecule has 7 heteroatoms. The molecule has 2 aromatic heterocycles. The summed E-state index contributed by atoms with van der Waals surface area (Å²) in [5.74, 6) is -1.39. The zero-order valence-corrected chi connectivity index (χ0v) is 10.2. The van der Waals surface area contributed by atoms with Gasteiger partial charge in [-0.2, -0.15) is 9.61 Å². The standard InChI is InChI=1S/C12H7ClN4O2/c13-8-3-1-7(2-4-8)9-5-6-10-14-15-11(12(18)19)17(10)16-9/h1-6H,(H,18,19). The van der Waals surface area contributed by atoms with E-state index in [0.29, 0.717) is 16.4 Å². The molecule has 0 unspecified atom stereocenters. The maximum absolute atomic E-state index is 11.0. The van der Waals surface area contributed by atoms with E-state index in [2.05, 4.69) is 15.3 Å². The zero-order chi connectivity index (χ0) is 13.4. The van der Waals surface area contributed by atoms with E-state index in [1.54, 1.807) is 36.4 Å². The molecule has 3 aromatic rings. The number of aromatic nitrogens is 4. The molecule has 0 atom stereocenters. The second-order valence-corrected chi connectivity index (χ2v) is 4.26. The number of nitrogens with zero attached hydrogens (tertiary/aromatic N) is 4. The maximum Gasteiger partial charge on any atom is 0.375 e. The van der Waals surface area contributed by atoms with Crippen LogP contribution in [0.5, 0.6) is 0 Å². The first kappa shape index (κ1) is 11.6. The number of aromatic carboxylic acids is 1. The van der Waals surface area contributed by atoms with E-state index in [0.717, 1.165) is 5.56 Å². The molecular formula is C12H7ClN4O2. The lowest BCUT2D eigenvalue weighted by Gasteiger charge is -2.02. The molecule has 0 amide bonds. The van der Waals surface area contributed by atoms with Crippen LogP contribution in [0.15, 0.2) is 36.4 Å². The summed E-state index contributed by atoms with van der Waals surface area (Å²) in [6.07, 6.45) is 0. The van der Waals surface area contributed by atoms with E-state index in [-0.39, 0.29) is 5.82 Å². The van der Waals surface area contributed by atoms with Gasteiger partial charge < -0.3 is 5.11 Å². The average molecular weight is 275 g/mol. The number of carbonyl (C=O) groups is 1. The number of fused-ring (bicyclic) bond motifs is 1. The first-order valence-electron chi connectivity index (χ1n) is 5.37. The van der Waals surface area contributed by atoms with E-state index in [1.165, 1.54) is 4.52 Å². The number of benzene rings is 1. The van der Waals surface area contributed by atoms with Crippen molar-refractivity contribution < 1.29 is 9.90 Å². The molecule has 6 nitrogen and oxygen atoms in total. The predicted molar refractivity (Wildman–Crippen MR) is 68.2 cm³/mol. The Kier molecular flexibility index (Phi) is 2.64. The van der Waals surface area contributed by atoms with E-state index in [4.69, 9.17) is 16.7 Å². The summed E-state index contributed by atoms with van der Waals surface area (Å²) in [5, 5.41) is 21.1. The molecule has 94 valence electrons. The van der Waals surface area contributed by atoms with E-state index < -0.39 is 5.97 Å². The Labute approximate surface area is 112 Å². The number of halogens is 1. The molecule has 19 heavy (non-hydrogen) atoms. The Balaban J connectivity index is 2.17. The van der Waals surface area contributed by atoms with Gasteiger partial charge in [-0.25, -0.2) is 4.79 Å². The van der Waals surface area contributed by atoms with Gasteiger partial charge in [0, 0.05) is 10.6 Å². The minimum Gasteiger partial charge on any atom is -0.475 e. The molecule has 0 saturated heterocycles. The summed E-state index contributed by atoms with van der Waals surface area (Å²) in [4.78, 5) is 11.0. The highest BCUT2D eigenvalue weighted by Gasteiger charge is 2.14. The molecule has 0 radical (unpaired) electrons. The quantitative estimate of drug-likeness (QED) is 0.774. The molecule has 1 N–H and O–H groups in total. The lowest BCUT2D eigenvalue weighted by molar-refractivity contribution is 0.0680. The topological polar surface area (TPSA) is 80.4 Å². The monoisotopic (exact) mass is 274 g/mol. The minimum atomic E-state index is -1.17. The predicted octanol–water partition coefficient (Wildman–Crippen LogP) is 2.14. The first-order chi connectivity index (χ1) is 9.15. The van der Waals surface area contributed by atoms with Crippen LogP contribution in [0.3, 0.4) is 0 Å². The van der Waals surface area contributed by atoms with Gasteiger partial charge in [-0.3, -0.25) is 0 Å². The Hall–Kier alpha value is -2.47. The van der Waals surface area contributed by atoms with Gasteiger partial charge in [-0.05, 0) is 24.3 Å². The molecule has 0 aliphatic rings. The van der Waals surface area contributed by atoms with E-state index >= 15 is 0 Å². The molecule has 3 rings (SSSR count). The largest absolute Gasteiger partial charge is 0.475 e. The van der Waals surface area contributed by atoms with Crippen molar-refractivity contribution in [2.24, 2.45) is 0 Å². The molecule has 2 heterocycles. The molecule has 0 aliphatic carbocycles. The second-order valence-electron chi connectivity index (χ2n) is 3.82. The van der Waals surface area contributed by atoms with Gasteiger partial charge in [0.15, 0.2) is 5.65 Å². The highest BCUT2D eigenvalue weighted by Crippen LogP contribution is 2.19. The average Bonchev–Trinajstić information content (AvgIpc) is 2.82. The second kappa shape index (κ2) is 4.33. The van der Waals surface area contributed by atoms with Gasteiger partial charge in [-0.15, -0.1) is 10.2 Å². The Morgan fingerprint density at radius 3 is 2.53 bits per heavy atom. The first-order valence-corrected chi connectivity index (χ1v) is 5.74. The smallest absolute Gasteiger partial charge is 0.375 e. The molecule has 0 saturated carbocycles. The highest BCUT2D eigenvalue weighted by molar-refractivity contribution is 6.30. The minimum absolute atomic E-state index is 0.217. The summed E-state index contributed by atoms with van der Waals surface area (Å²) in [6, 6.07) is 10.5.